The number of anilines is 1. The summed E-state index contributed by atoms with van der Waals surface area (Å²) in [5.41, 5.74) is 5.48. The van der Waals surface area contributed by atoms with Crippen LogP contribution in [0.3, 0.4) is 0 Å². The molecule has 0 saturated heterocycles. The van der Waals surface area contributed by atoms with E-state index in [4.69, 9.17) is 26.1 Å². The average molecular weight is 462 g/mol. The lowest BCUT2D eigenvalue weighted by atomic mass is 10.1. The van der Waals surface area contributed by atoms with Crippen molar-refractivity contribution in [3.05, 3.63) is 71.3 Å². The summed E-state index contributed by atoms with van der Waals surface area (Å²) in [7, 11) is 2.98. The van der Waals surface area contributed by atoms with E-state index in [0.717, 1.165) is 11.1 Å². The van der Waals surface area contributed by atoms with Crippen LogP contribution in [-0.4, -0.2) is 30.2 Å². The lowest BCUT2D eigenvalue weighted by Crippen LogP contribution is -2.34. The second-order valence-corrected chi connectivity index (χ2v) is 7.87. The minimum absolute atomic E-state index is 0.130. The van der Waals surface area contributed by atoms with E-state index in [1.807, 2.05) is 38.1 Å². The van der Waals surface area contributed by atoms with Crippen molar-refractivity contribution in [2.45, 2.75) is 13.8 Å². The van der Waals surface area contributed by atoms with Crippen molar-refractivity contribution in [2.75, 3.05) is 19.5 Å². The van der Waals surface area contributed by atoms with E-state index >= 15 is 0 Å². The molecular formula is C25H23N3O4S. The van der Waals surface area contributed by atoms with Gasteiger partial charge in [0.25, 0.3) is 5.91 Å². The molecule has 0 unspecified atom stereocenters. The minimum Gasteiger partial charge on any atom is -0.496 e. The third-order valence-electron chi connectivity index (χ3n) is 5.14. The number of benzene rings is 3. The van der Waals surface area contributed by atoms with Crippen LogP contribution in [-0.2, 0) is 0 Å². The molecule has 33 heavy (non-hydrogen) atoms. The number of thiocarbonyl (C=S) groups is 1. The highest BCUT2D eigenvalue weighted by Gasteiger charge is 2.19. The number of nitrogens with zero attached hydrogens (tertiary/aromatic N) is 1. The number of hydrogen-bond acceptors (Lipinski definition) is 6. The third kappa shape index (κ3) is 4.65. The zero-order valence-electron chi connectivity index (χ0n) is 18.7. The Morgan fingerprint density at radius 2 is 1.73 bits per heavy atom. The summed E-state index contributed by atoms with van der Waals surface area (Å²) in [6.07, 6.45) is 0. The number of aromatic nitrogens is 1. The molecule has 1 heterocycles. The molecular weight excluding hydrogens is 438 g/mol. The summed E-state index contributed by atoms with van der Waals surface area (Å²) in [6, 6.07) is 16.7. The zero-order valence-corrected chi connectivity index (χ0v) is 19.5. The number of carbonyl (C=O) groups is 1. The van der Waals surface area contributed by atoms with Crippen LogP contribution in [0.1, 0.15) is 21.5 Å². The molecule has 0 spiro atoms. The Morgan fingerprint density at radius 3 is 2.39 bits per heavy atom. The summed E-state index contributed by atoms with van der Waals surface area (Å²) in [4.78, 5) is 17.4. The SMILES string of the molecule is COc1cccc(OC)c1C(=O)NC(=S)Nc1ccc2oc(-c3ccc(C)cc3C)nc2c1. The summed E-state index contributed by atoms with van der Waals surface area (Å²) in [6.45, 7) is 4.08. The largest absolute Gasteiger partial charge is 0.496 e. The van der Waals surface area contributed by atoms with Crippen molar-refractivity contribution in [1.29, 1.82) is 0 Å². The van der Waals surface area contributed by atoms with E-state index in [0.29, 0.717) is 34.2 Å². The number of methoxy groups -OCH3 is 2. The molecule has 0 fully saturated rings. The topological polar surface area (TPSA) is 85.6 Å². The van der Waals surface area contributed by atoms with Crippen LogP contribution in [0.5, 0.6) is 11.5 Å². The van der Waals surface area contributed by atoms with E-state index in [1.165, 1.54) is 19.8 Å². The van der Waals surface area contributed by atoms with Crippen LogP contribution in [0.25, 0.3) is 22.6 Å². The van der Waals surface area contributed by atoms with Gasteiger partial charge in [0, 0.05) is 11.3 Å². The van der Waals surface area contributed by atoms with E-state index < -0.39 is 5.91 Å². The number of amides is 1. The first-order valence-electron chi connectivity index (χ1n) is 10.2. The number of carbonyl (C=O) groups excluding carboxylic acids is 1. The van der Waals surface area contributed by atoms with Crippen LogP contribution in [0, 0.1) is 13.8 Å². The summed E-state index contributed by atoms with van der Waals surface area (Å²) >= 11 is 5.34. The lowest BCUT2D eigenvalue weighted by molar-refractivity contribution is 0.0971. The maximum atomic E-state index is 12.8. The van der Waals surface area contributed by atoms with E-state index in [-0.39, 0.29) is 10.7 Å². The molecule has 0 saturated carbocycles. The fourth-order valence-electron chi connectivity index (χ4n) is 3.58. The van der Waals surface area contributed by atoms with Gasteiger partial charge in [-0.2, -0.15) is 0 Å². The smallest absolute Gasteiger partial charge is 0.264 e. The highest BCUT2D eigenvalue weighted by molar-refractivity contribution is 7.80. The molecule has 7 nitrogen and oxygen atoms in total. The van der Waals surface area contributed by atoms with Crippen molar-refractivity contribution in [2.24, 2.45) is 0 Å². The molecule has 1 amide bonds. The van der Waals surface area contributed by atoms with Gasteiger partial charge in [0.15, 0.2) is 10.7 Å². The second kappa shape index (κ2) is 9.30. The van der Waals surface area contributed by atoms with Gasteiger partial charge in [0.2, 0.25) is 5.89 Å². The van der Waals surface area contributed by atoms with Gasteiger partial charge in [-0.3, -0.25) is 10.1 Å². The first-order valence-corrected chi connectivity index (χ1v) is 10.6. The fraction of sp³-hybridized carbons (Fsp3) is 0.160. The van der Waals surface area contributed by atoms with Gasteiger partial charge in [-0.25, -0.2) is 4.98 Å². The van der Waals surface area contributed by atoms with Gasteiger partial charge in [-0.05, 0) is 68.0 Å². The number of fused-ring (bicyclic) bond motifs is 1. The highest BCUT2D eigenvalue weighted by atomic mass is 32.1. The molecule has 0 aliphatic rings. The van der Waals surface area contributed by atoms with Gasteiger partial charge in [-0.15, -0.1) is 0 Å². The molecule has 4 aromatic rings. The predicted octanol–water partition coefficient (Wildman–Crippen LogP) is 5.26. The Kier molecular flexibility index (Phi) is 6.28. The standard InChI is InChI=1S/C25H23N3O4S/c1-14-8-10-17(15(2)12-14)24-27-18-13-16(9-11-19(18)32-24)26-25(33)28-23(29)22-20(30-3)6-5-7-21(22)31-4/h5-13H,1-4H3,(H2,26,28,29,33). The molecule has 0 bridgehead atoms. The molecule has 168 valence electrons. The number of hydrogen-bond donors (Lipinski definition) is 2. The van der Waals surface area contributed by atoms with Crippen molar-refractivity contribution >= 4 is 40.0 Å². The van der Waals surface area contributed by atoms with Gasteiger partial charge >= 0.3 is 0 Å². The van der Waals surface area contributed by atoms with Crippen LogP contribution >= 0.6 is 12.2 Å². The van der Waals surface area contributed by atoms with Crippen molar-refractivity contribution < 1.29 is 18.7 Å². The summed E-state index contributed by atoms with van der Waals surface area (Å²) < 4.78 is 16.5. The van der Waals surface area contributed by atoms with Crippen LogP contribution in [0.15, 0.2) is 59.0 Å². The molecule has 8 heteroatoms. The molecule has 1 aromatic heterocycles. The molecule has 0 aliphatic carbocycles. The van der Waals surface area contributed by atoms with E-state index in [2.05, 4.69) is 21.7 Å². The van der Waals surface area contributed by atoms with Crippen LogP contribution in [0.4, 0.5) is 5.69 Å². The normalized spacial score (nSPS) is 10.7. The van der Waals surface area contributed by atoms with Crippen LogP contribution in [0.2, 0.25) is 0 Å². The first-order chi connectivity index (χ1) is 15.9. The maximum absolute atomic E-state index is 12.8. The molecule has 0 aliphatic heterocycles. The van der Waals surface area contributed by atoms with Gasteiger partial charge in [0.05, 0.1) is 14.2 Å². The molecule has 3 aromatic carbocycles. The number of nitrogens with one attached hydrogen (secondary N) is 2. The van der Waals surface area contributed by atoms with E-state index in [1.54, 1.807) is 24.3 Å². The van der Waals surface area contributed by atoms with E-state index in [9.17, 15) is 4.79 Å². The Labute approximate surface area is 196 Å². The minimum atomic E-state index is -0.443. The zero-order chi connectivity index (χ0) is 23.5. The Morgan fingerprint density at radius 1 is 1.00 bits per heavy atom. The average Bonchev–Trinajstić information content (AvgIpc) is 3.21. The fourth-order valence-corrected chi connectivity index (χ4v) is 3.79. The predicted molar refractivity (Wildman–Crippen MR) is 132 cm³/mol. The van der Waals surface area contributed by atoms with Crippen molar-refractivity contribution in [3.8, 4) is 23.0 Å². The Balaban J connectivity index is 1.52. The Hall–Kier alpha value is -3.91. The van der Waals surface area contributed by atoms with Crippen molar-refractivity contribution in [1.82, 2.24) is 10.3 Å². The first kappa shape index (κ1) is 22.3. The lowest BCUT2D eigenvalue weighted by Gasteiger charge is -2.14. The summed E-state index contributed by atoms with van der Waals surface area (Å²) in [5, 5.41) is 5.81. The molecule has 0 radical (unpaired) electrons. The quantitative estimate of drug-likeness (QED) is 0.392. The van der Waals surface area contributed by atoms with Crippen LogP contribution < -0.4 is 20.1 Å². The number of oxazole rings is 1. The van der Waals surface area contributed by atoms with Gasteiger partial charge in [-0.1, -0.05) is 23.8 Å². The third-order valence-corrected chi connectivity index (χ3v) is 5.34. The number of rotatable bonds is 5. The number of ether oxygens (including phenoxy) is 2. The number of aryl methyl sites for hydroxylation is 2. The molecule has 4 rings (SSSR count). The Bertz CT molecular complexity index is 1340. The summed E-state index contributed by atoms with van der Waals surface area (Å²) in [5.74, 6) is 0.885. The highest BCUT2D eigenvalue weighted by Crippen LogP contribution is 2.30. The monoisotopic (exact) mass is 461 g/mol. The second-order valence-electron chi connectivity index (χ2n) is 7.47. The van der Waals surface area contributed by atoms with Crippen molar-refractivity contribution in [3.63, 3.8) is 0 Å². The molecule has 0 atom stereocenters. The van der Waals surface area contributed by atoms with Gasteiger partial charge in [0.1, 0.15) is 22.6 Å². The maximum Gasteiger partial charge on any atom is 0.264 e. The van der Waals surface area contributed by atoms with Gasteiger partial charge < -0.3 is 19.2 Å². The molecule has 2 N–H and O–H groups in total.